The van der Waals surface area contributed by atoms with Gasteiger partial charge in [-0.2, -0.15) is 0 Å². The molecule has 2 radical (unpaired) electrons. The summed E-state index contributed by atoms with van der Waals surface area (Å²) in [5.41, 5.74) is 0. The molecule has 0 spiro atoms. The molecule has 0 saturated heterocycles. The van der Waals surface area contributed by atoms with Gasteiger partial charge in [0.25, 0.3) is 0 Å². The average Bonchev–Trinajstić information content (AvgIpc) is 2.26. The van der Waals surface area contributed by atoms with Gasteiger partial charge in [-0.1, -0.05) is 19.2 Å². The first kappa shape index (κ1) is 9.08. The lowest BCUT2D eigenvalue weighted by molar-refractivity contribution is 0.154. The number of hydrogen-bond donors (Lipinski definition) is 2. The van der Waals surface area contributed by atoms with Crippen LogP contribution in [0.4, 0.5) is 0 Å². The topological polar surface area (TPSA) is 40.5 Å². The third-order valence-corrected chi connectivity index (χ3v) is 2.99. The number of aliphatic hydroxyl groups excluding tert-OH is 2. The normalized spacial score (nSPS) is 44.6. The predicted octanol–water partition coefficient (Wildman–Crippen LogP) is 0.200. The van der Waals surface area contributed by atoms with Crippen molar-refractivity contribution in [3.05, 3.63) is 0 Å². The lowest BCUT2D eigenvalue weighted by Gasteiger charge is -2.18. The smallest absolute Gasteiger partial charge is 0.0704 e. The molecule has 1 saturated carbocycles. The summed E-state index contributed by atoms with van der Waals surface area (Å²) in [7, 11) is 5.77. The second kappa shape index (κ2) is 3.59. The van der Waals surface area contributed by atoms with Crippen LogP contribution in [0.1, 0.15) is 13.3 Å². The highest BCUT2D eigenvalue weighted by atomic mass is 16.3. The Kier molecular flexibility index (Phi) is 2.96. The van der Waals surface area contributed by atoms with Gasteiger partial charge in [0.05, 0.1) is 7.85 Å². The molecule has 0 aromatic heterocycles. The third kappa shape index (κ3) is 1.59. The van der Waals surface area contributed by atoms with Crippen LogP contribution in [-0.2, 0) is 0 Å². The molecule has 2 N–H and O–H groups in total. The molecule has 0 aromatic carbocycles. The van der Waals surface area contributed by atoms with Crippen LogP contribution in [0, 0.1) is 17.8 Å². The molecule has 3 unspecified atom stereocenters. The fourth-order valence-electron chi connectivity index (χ4n) is 2.02. The molecule has 0 heterocycles. The Morgan fingerprint density at radius 1 is 1.36 bits per heavy atom. The van der Waals surface area contributed by atoms with Crippen LogP contribution in [0.25, 0.3) is 0 Å². The Balaban J connectivity index is 2.55. The maximum atomic E-state index is 8.96. The molecule has 2 nitrogen and oxygen atoms in total. The predicted molar refractivity (Wildman–Crippen MR) is 44.4 cm³/mol. The maximum absolute atomic E-state index is 8.96. The molecular formula is C8H15BO2. The van der Waals surface area contributed by atoms with Crippen molar-refractivity contribution in [2.75, 3.05) is 13.2 Å². The van der Waals surface area contributed by atoms with Gasteiger partial charge >= 0.3 is 0 Å². The summed E-state index contributed by atoms with van der Waals surface area (Å²) in [5.74, 6) is 0.918. The molecule has 0 aromatic rings. The van der Waals surface area contributed by atoms with Gasteiger partial charge < -0.3 is 10.2 Å². The van der Waals surface area contributed by atoms with Gasteiger partial charge in [-0.3, -0.25) is 0 Å². The number of aliphatic hydroxyl groups is 2. The molecule has 4 atom stereocenters. The summed E-state index contributed by atoms with van der Waals surface area (Å²) in [6, 6.07) is 0. The zero-order chi connectivity index (χ0) is 8.43. The SMILES string of the molecule is [B]C1CC(CO)C(C)[C@@H]1CO. The van der Waals surface area contributed by atoms with Gasteiger partial charge in [-0.25, -0.2) is 0 Å². The molecule has 3 heteroatoms. The third-order valence-electron chi connectivity index (χ3n) is 2.99. The number of hydrogen-bond acceptors (Lipinski definition) is 2. The first-order valence-corrected chi connectivity index (χ1v) is 4.18. The standard InChI is InChI=1S/C8H15BO2/c1-5-6(3-10)2-8(9)7(5)4-11/h5-8,10-11H,2-4H2,1H3/t5?,6?,7-,8?/m0/s1. The van der Waals surface area contributed by atoms with E-state index in [2.05, 4.69) is 6.92 Å². The second-order valence-electron chi connectivity index (χ2n) is 3.55. The highest BCUT2D eigenvalue weighted by Gasteiger charge is 2.36. The van der Waals surface area contributed by atoms with Crippen molar-refractivity contribution in [2.45, 2.75) is 19.2 Å². The van der Waals surface area contributed by atoms with Crippen molar-refractivity contribution in [2.24, 2.45) is 17.8 Å². The van der Waals surface area contributed by atoms with Gasteiger partial charge in [-0.05, 0) is 17.8 Å². The van der Waals surface area contributed by atoms with E-state index in [1.54, 1.807) is 0 Å². The Hall–Kier alpha value is -0.0151. The van der Waals surface area contributed by atoms with E-state index >= 15 is 0 Å². The van der Waals surface area contributed by atoms with E-state index in [1.165, 1.54) is 0 Å². The Morgan fingerprint density at radius 3 is 2.27 bits per heavy atom. The zero-order valence-corrected chi connectivity index (χ0v) is 6.90. The summed E-state index contributed by atoms with van der Waals surface area (Å²) >= 11 is 0. The minimum atomic E-state index is 0.0761. The molecule has 0 bridgehead atoms. The van der Waals surface area contributed by atoms with Crippen LogP contribution in [0.5, 0.6) is 0 Å². The zero-order valence-electron chi connectivity index (χ0n) is 6.90. The van der Waals surface area contributed by atoms with Crippen LogP contribution in [-0.4, -0.2) is 31.3 Å². The van der Waals surface area contributed by atoms with E-state index in [0.29, 0.717) is 11.8 Å². The molecule has 62 valence electrons. The van der Waals surface area contributed by atoms with Crippen molar-refractivity contribution in [1.29, 1.82) is 0 Å². The molecule has 11 heavy (non-hydrogen) atoms. The van der Waals surface area contributed by atoms with Crippen molar-refractivity contribution in [3.8, 4) is 0 Å². The van der Waals surface area contributed by atoms with E-state index < -0.39 is 0 Å². The van der Waals surface area contributed by atoms with E-state index in [0.717, 1.165) is 6.42 Å². The average molecular weight is 154 g/mol. The van der Waals surface area contributed by atoms with E-state index in [4.69, 9.17) is 18.1 Å². The summed E-state index contributed by atoms with van der Waals surface area (Å²) in [5, 5.41) is 17.9. The lowest BCUT2D eigenvalue weighted by Crippen LogP contribution is -2.18. The van der Waals surface area contributed by atoms with Crippen molar-refractivity contribution in [3.63, 3.8) is 0 Å². The molecule has 0 amide bonds. The summed E-state index contributed by atoms with van der Waals surface area (Å²) in [6.07, 6.45) is 0.850. The van der Waals surface area contributed by atoms with Gasteiger partial charge in [0.2, 0.25) is 0 Å². The fraction of sp³-hybridized carbons (Fsp3) is 1.00. The quantitative estimate of drug-likeness (QED) is 0.557. The van der Waals surface area contributed by atoms with Crippen LogP contribution < -0.4 is 0 Å². The van der Waals surface area contributed by atoms with Gasteiger partial charge in [0, 0.05) is 13.2 Å². The Bertz CT molecular complexity index is 129. The molecule has 1 fully saturated rings. The molecule has 1 aliphatic carbocycles. The number of rotatable bonds is 2. The Morgan fingerprint density at radius 2 is 2.00 bits per heavy atom. The molecule has 1 rings (SSSR count). The molecule has 0 aliphatic heterocycles. The minimum absolute atomic E-state index is 0.0761. The Labute approximate surface area is 69.0 Å². The van der Waals surface area contributed by atoms with Crippen molar-refractivity contribution >= 4 is 7.85 Å². The van der Waals surface area contributed by atoms with Crippen LogP contribution in [0.3, 0.4) is 0 Å². The monoisotopic (exact) mass is 154 g/mol. The molecular weight excluding hydrogens is 139 g/mol. The van der Waals surface area contributed by atoms with E-state index in [-0.39, 0.29) is 24.9 Å². The van der Waals surface area contributed by atoms with E-state index in [1.807, 2.05) is 0 Å². The second-order valence-corrected chi connectivity index (χ2v) is 3.55. The molecule has 1 aliphatic rings. The van der Waals surface area contributed by atoms with Gasteiger partial charge in [-0.15, -0.1) is 0 Å². The van der Waals surface area contributed by atoms with E-state index in [9.17, 15) is 0 Å². The first-order chi connectivity index (χ1) is 5.20. The van der Waals surface area contributed by atoms with Crippen LogP contribution in [0.15, 0.2) is 0 Å². The lowest BCUT2D eigenvalue weighted by atomic mass is 9.77. The first-order valence-electron chi connectivity index (χ1n) is 4.18. The highest BCUT2D eigenvalue weighted by molar-refractivity contribution is 6.12. The van der Waals surface area contributed by atoms with Crippen molar-refractivity contribution < 1.29 is 10.2 Å². The van der Waals surface area contributed by atoms with Gasteiger partial charge in [0.1, 0.15) is 0 Å². The van der Waals surface area contributed by atoms with Crippen LogP contribution in [0.2, 0.25) is 5.82 Å². The fourth-order valence-corrected chi connectivity index (χ4v) is 2.02. The van der Waals surface area contributed by atoms with Crippen LogP contribution >= 0.6 is 0 Å². The summed E-state index contributed by atoms with van der Waals surface area (Å²) < 4.78 is 0. The van der Waals surface area contributed by atoms with Crippen molar-refractivity contribution in [1.82, 2.24) is 0 Å². The minimum Gasteiger partial charge on any atom is -0.396 e. The van der Waals surface area contributed by atoms with Gasteiger partial charge in [0.15, 0.2) is 0 Å². The summed E-state index contributed by atoms with van der Waals surface area (Å²) in [6.45, 7) is 2.40. The summed E-state index contributed by atoms with van der Waals surface area (Å²) in [4.78, 5) is 0. The highest BCUT2D eigenvalue weighted by Crippen LogP contribution is 2.42. The maximum Gasteiger partial charge on any atom is 0.0704 e. The largest absolute Gasteiger partial charge is 0.396 e.